The van der Waals surface area contributed by atoms with Gasteiger partial charge in [0.05, 0.1) is 0 Å². The van der Waals surface area contributed by atoms with Crippen LogP contribution in [0.3, 0.4) is 0 Å². The molecule has 1 aromatic heterocycles. The molecule has 0 saturated carbocycles. The first-order chi connectivity index (χ1) is 6.43. The van der Waals surface area contributed by atoms with Crippen molar-refractivity contribution in [1.29, 1.82) is 0 Å². The van der Waals surface area contributed by atoms with Crippen molar-refractivity contribution in [2.75, 3.05) is 18.1 Å². The van der Waals surface area contributed by atoms with Crippen molar-refractivity contribution >= 4 is 11.8 Å². The quantitative estimate of drug-likeness (QED) is 0.513. The van der Waals surface area contributed by atoms with Crippen molar-refractivity contribution < 1.29 is 0 Å². The highest BCUT2D eigenvalue weighted by atomic mass is 32.2. The number of thioether (sulfide) groups is 1. The molecule has 0 aromatic carbocycles. The monoisotopic (exact) mass is 197 g/mol. The second kappa shape index (κ2) is 6.74. The van der Waals surface area contributed by atoms with Crippen LogP contribution in [-0.2, 0) is 6.54 Å². The van der Waals surface area contributed by atoms with Crippen LogP contribution in [0.1, 0.15) is 5.69 Å². The second-order valence-corrected chi connectivity index (χ2v) is 3.77. The van der Waals surface area contributed by atoms with Crippen LogP contribution in [0, 0.1) is 0 Å². The van der Waals surface area contributed by atoms with Crippen LogP contribution in [0.2, 0.25) is 0 Å². The third kappa shape index (κ3) is 4.75. The van der Waals surface area contributed by atoms with Crippen LogP contribution < -0.4 is 5.32 Å². The summed E-state index contributed by atoms with van der Waals surface area (Å²) >= 11 is 1.88. The van der Waals surface area contributed by atoms with Gasteiger partial charge in [-0.05, 0) is 6.07 Å². The zero-order chi connectivity index (χ0) is 9.36. The van der Waals surface area contributed by atoms with E-state index in [4.69, 9.17) is 0 Å². The molecule has 0 spiro atoms. The van der Waals surface area contributed by atoms with Crippen molar-refractivity contribution in [2.45, 2.75) is 6.54 Å². The van der Waals surface area contributed by atoms with Gasteiger partial charge in [0.25, 0.3) is 0 Å². The average molecular weight is 197 g/mol. The van der Waals surface area contributed by atoms with Crippen LogP contribution in [0.25, 0.3) is 0 Å². The number of hydrogen-bond acceptors (Lipinski definition) is 3. The summed E-state index contributed by atoms with van der Waals surface area (Å²) in [7, 11) is 0. The van der Waals surface area contributed by atoms with Gasteiger partial charge in [-0.3, -0.25) is 5.10 Å². The molecule has 72 valence electrons. The first-order valence-corrected chi connectivity index (χ1v) is 5.46. The molecule has 0 atom stereocenters. The van der Waals surface area contributed by atoms with Crippen molar-refractivity contribution in [3.63, 3.8) is 0 Å². The summed E-state index contributed by atoms with van der Waals surface area (Å²) in [5, 5.41) is 10.1. The highest BCUT2D eigenvalue weighted by molar-refractivity contribution is 7.99. The van der Waals surface area contributed by atoms with Gasteiger partial charge in [0.2, 0.25) is 0 Å². The molecule has 0 aliphatic heterocycles. The fourth-order valence-corrected chi connectivity index (χ4v) is 1.54. The Morgan fingerprint density at radius 3 is 3.31 bits per heavy atom. The van der Waals surface area contributed by atoms with E-state index in [1.807, 2.05) is 23.9 Å². The molecule has 0 radical (unpaired) electrons. The molecule has 2 N–H and O–H groups in total. The van der Waals surface area contributed by atoms with Crippen LogP contribution in [-0.4, -0.2) is 28.2 Å². The topological polar surface area (TPSA) is 40.7 Å². The molecule has 0 amide bonds. The van der Waals surface area contributed by atoms with E-state index in [9.17, 15) is 0 Å². The molecular formula is C9H15N3S. The van der Waals surface area contributed by atoms with E-state index in [1.54, 1.807) is 6.20 Å². The van der Waals surface area contributed by atoms with E-state index < -0.39 is 0 Å². The van der Waals surface area contributed by atoms with Gasteiger partial charge in [0.1, 0.15) is 0 Å². The van der Waals surface area contributed by atoms with Crippen molar-refractivity contribution in [2.24, 2.45) is 0 Å². The predicted molar refractivity (Wildman–Crippen MR) is 57.8 cm³/mol. The zero-order valence-electron chi connectivity index (χ0n) is 7.62. The number of aromatic amines is 1. The lowest BCUT2D eigenvalue weighted by atomic mass is 10.4. The van der Waals surface area contributed by atoms with Gasteiger partial charge in [-0.25, -0.2) is 0 Å². The van der Waals surface area contributed by atoms with E-state index in [0.717, 1.165) is 30.3 Å². The summed E-state index contributed by atoms with van der Waals surface area (Å²) in [5.41, 5.74) is 1.13. The second-order valence-electron chi connectivity index (χ2n) is 2.62. The Bertz CT molecular complexity index is 221. The van der Waals surface area contributed by atoms with Crippen LogP contribution in [0.5, 0.6) is 0 Å². The molecule has 0 aliphatic rings. The molecule has 3 nitrogen and oxygen atoms in total. The lowest BCUT2D eigenvalue weighted by Crippen LogP contribution is -2.16. The smallest absolute Gasteiger partial charge is 0.0490 e. The SMILES string of the molecule is C=CCSCCNCc1ccn[nH]1. The maximum atomic E-state index is 3.87. The Labute approximate surface area is 83.0 Å². The third-order valence-corrected chi connectivity index (χ3v) is 2.50. The van der Waals surface area contributed by atoms with Crippen molar-refractivity contribution in [3.05, 3.63) is 30.6 Å². The summed E-state index contributed by atoms with van der Waals surface area (Å²) in [6.07, 6.45) is 3.70. The largest absolute Gasteiger partial charge is 0.310 e. The lowest BCUT2D eigenvalue weighted by molar-refractivity contribution is 0.712. The van der Waals surface area contributed by atoms with Gasteiger partial charge in [0, 0.05) is 36.5 Å². The number of nitrogens with one attached hydrogen (secondary N) is 2. The van der Waals surface area contributed by atoms with Gasteiger partial charge in [-0.2, -0.15) is 16.9 Å². The van der Waals surface area contributed by atoms with E-state index in [2.05, 4.69) is 22.1 Å². The number of hydrogen-bond donors (Lipinski definition) is 2. The molecule has 0 unspecified atom stereocenters. The minimum atomic E-state index is 0.870. The molecule has 13 heavy (non-hydrogen) atoms. The molecule has 0 fully saturated rings. The molecule has 1 aromatic rings. The number of nitrogens with zero attached hydrogens (tertiary/aromatic N) is 1. The number of rotatable bonds is 7. The summed E-state index contributed by atoms with van der Waals surface area (Å²) < 4.78 is 0. The number of aromatic nitrogens is 2. The summed E-state index contributed by atoms with van der Waals surface area (Å²) in [6, 6.07) is 1.98. The fourth-order valence-electron chi connectivity index (χ4n) is 0.917. The zero-order valence-corrected chi connectivity index (χ0v) is 8.44. The van der Waals surface area contributed by atoms with Crippen LogP contribution in [0.4, 0.5) is 0 Å². The summed E-state index contributed by atoms with van der Waals surface area (Å²) in [6.45, 7) is 5.56. The minimum Gasteiger partial charge on any atom is -0.310 e. The van der Waals surface area contributed by atoms with Crippen LogP contribution in [0.15, 0.2) is 24.9 Å². The first-order valence-electron chi connectivity index (χ1n) is 4.31. The Balaban J connectivity index is 1.93. The average Bonchev–Trinajstić information content (AvgIpc) is 2.63. The maximum Gasteiger partial charge on any atom is 0.0490 e. The molecule has 4 heteroatoms. The van der Waals surface area contributed by atoms with E-state index in [1.165, 1.54) is 0 Å². The highest BCUT2D eigenvalue weighted by Gasteiger charge is 1.91. The number of H-pyrrole nitrogens is 1. The van der Waals surface area contributed by atoms with Gasteiger partial charge in [0.15, 0.2) is 0 Å². The Morgan fingerprint density at radius 2 is 2.62 bits per heavy atom. The molecule has 1 heterocycles. The third-order valence-electron chi connectivity index (χ3n) is 1.53. The standard InChI is InChI=1S/C9H15N3S/c1-2-6-13-7-5-10-8-9-3-4-11-12-9/h2-4,10H,1,5-8H2,(H,11,12). The molecule has 1 rings (SSSR count). The lowest BCUT2D eigenvalue weighted by Gasteiger charge is -2.01. The summed E-state index contributed by atoms with van der Waals surface area (Å²) in [4.78, 5) is 0. The van der Waals surface area contributed by atoms with Gasteiger partial charge < -0.3 is 5.32 Å². The van der Waals surface area contributed by atoms with Crippen LogP contribution >= 0.6 is 11.8 Å². The molecule has 0 bridgehead atoms. The Hall–Kier alpha value is -0.740. The first kappa shape index (κ1) is 10.3. The molecule has 0 saturated heterocycles. The maximum absolute atomic E-state index is 3.87. The van der Waals surface area contributed by atoms with Gasteiger partial charge >= 0.3 is 0 Å². The van der Waals surface area contributed by atoms with E-state index in [-0.39, 0.29) is 0 Å². The van der Waals surface area contributed by atoms with E-state index >= 15 is 0 Å². The normalized spacial score (nSPS) is 10.2. The van der Waals surface area contributed by atoms with Crippen molar-refractivity contribution in [1.82, 2.24) is 15.5 Å². The molecular weight excluding hydrogens is 182 g/mol. The minimum absolute atomic E-state index is 0.870. The Morgan fingerprint density at radius 1 is 1.69 bits per heavy atom. The fraction of sp³-hybridized carbons (Fsp3) is 0.444. The molecule has 0 aliphatic carbocycles. The van der Waals surface area contributed by atoms with Gasteiger partial charge in [-0.1, -0.05) is 6.08 Å². The van der Waals surface area contributed by atoms with Gasteiger partial charge in [-0.15, -0.1) is 6.58 Å². The highest BCUT2D eigenvalue weighted by Crippen LogP contribution is 1.97. The predicted octanol–water partition coefficient (Wildman–Crippen LogP) is 1.42. The Kier molecular flexibility index (Phi) is 5.36. The summed E-state index contributed by atoms with van der Waals surface area (Å²) in [5.74, 6) is 2.16. The van der Waals surface area contributed by atoms with Crippen molar-refractivity contribution in [3.8, 4) is 0 Å². The van der Waals surface area contributed by atoms with E-state index in [0.29, 0.717) is 0 Å².